The van der Waals surface area contributed by atoms with Crippen molar-refractivity contribution in [3.63, 3.8) is 0 Å². The van der Waals surface area contributed by atoms with Crippen LogP contribution in [0.3, 0.4) is 0 Å². The summed E-state index contributed by atoms with van der Waals surface area (Å²) in [6.45, 7) is 3.44. The fourth-order valence-electron chi connectivity index (χ4n) is 2.86. The van der Waals surface area contributed by atoms with Crippen LogP contribution in [0.5, 0.6) is 0 Å². The van der Waals surface area contributed by atoms with Gasteiger partial charge in [-0.05, 0) is 38.0 Å². The molecule has 1 heterocycles. The third-order valence-corrected chi connectivity index (χ3v) is 4.00. The first kappa shape index (κ1) is 11.9. The molecule has 2 heteroatoms. The summed E-state index contributed by atoms with van der Waals surface area (Å²) in [7, 11) is 0. The van der Waals surface area contributed by atoms with Crippen LogP contribution in [0.25, 0.3) is 0 Å². The van der Waals surface area contributed by atoms with Gasteiger partial charge in [0.2, 0.25) is 0 Å². The zero-order valence-corrected chi connectivity index (χ0v) is 10.7. The summed E-state index contributed by atoms with van der Waals surface area (Å²) < 4.78 is 0. The van der Waals surface area contributed by atoms with Crippen LogP contribution in [0.1, 0.15) is 64.7 Å². The number of nitrogens with one attached hydrogen (secondary N) is 1. The Hall–Kier alpha value is -0.530. The van der Waals surface area contributed by atoms with Crippen molar-refractivity contribution in [2.24, 2.45) is 10.9 Å². The van der Waals surface area contributed by atoms with Crippen LogP contribution in [0.4, 0.5) is 0 Å². The molecule has 0 amide bonds. The quantitative estimate of drug-likeness (QED) is 0.674. The number of nitrogens with zero attached hydrogens (tertiary/aromatic N) is 1. The third kappa shape index (κ3) is 3.80. The van der Waals surface area contributed by atoms with Crippen LogP contribution in [0.15, 0.2) is 4.99 Å². The van der Waals surface area contributed by atoms with E-state index < -0.39 is 0 Å². The lowest BCUT2D eigenvalue weighted by Gasteiger charge is -2.18. The third-order valence-electron chi connectivity index (χ3n) is 4.00. The van der Waals surface area contributed by atoms with Crippen molar-refractivity contribution in [1.82, 2.24) is 5.32 Å². The maximum absolute atomic E-state index is 4.67. The second-order valence-corrected chi connectivity index (χ2v) is 5.59. The minimum atomic E-state index is 0.710. The van der Waals surface area contributed by atoms with Gasteiger partial charge in [0, 0.05) is 19.0 Å². The van der Waals surface area contributed by atoms with Crippen LogP contribution in [0.2, 0.25) is 0 Å². The molecule has 0 spiro atoms. The topological polar surface area (TPSA) is 24.4 Å². The van der Waals surface area contributed by atoms with Gasteiger partial charge in [-0.1, -0.05) is 26.2 Å². The molecule has 2 unspecified atom stereocenters. The van der Waals surface area contributed by atoms with Gasteiger partial charge < -0.3 is 5.32 Å². The SMILES string of the molecule is CC1CCCC(NC2=NCCCCC2)CC1. The highest BCUT2D eigenvalue weighted by Crippen LogP contribution is 2.23. The molecule has 1 aliphatic heterocycles. The molecule has 0 radical (unpaired) electrons. The Morgan fingerprint density at radius 3 is 2.88 bits per heavy atom. The monoisotopic (exact) mass is 222 g/mol. The van der Waals surface area contributed by atoms with Gasteiger partial charge in [0.1, 0.15) is 0 Å². The van der Waals surface area contributed by atoms with Gasteiger partial charge in [0.05, 0.1) is 5.84 Å². The average Bonchev–Trinajstić information content (AvgIpc) is 2.63. The number of rotatable bonds is 1. The highest BCUT2D eigenvalue weighted by molar-refractivity contribution is 5.82. The molecule has 2 atom stereocenters. The summed E-state index contributed by atoms with van der Waals surface area (Å²) in [5.41, 5.74) is 0. The van der Waals surface area contributed by atoms with Crippen molar-refractivity contribution in [3.8, 4) is 0 Å². The van der Waals surface area contributed by atoms with Crippen LogP contribution in [-0.4, -0.2) is 18.4 Å². The van der Waals surface area contributed by atoms with Gasteiger partial charge in [0.15, 0.2) is 0 Å². The Morgan fingerprint density at radius 1 is 1.00 bits per heavy atom. The Balaban J connectivity index is 1.81. The van der Waals surface area contributed by atoms with E-state index in [1.54, 1.807) is 0 Å². The van der Waals surface area contributed by atoms with E-state index >= 15 is 0 Å². The molecular formula is C14H26N2. The molecule has 1 saturated carbocycles. The van der Waals surface area contributed by atoms with Crippen molar-refractivity contribution in [1.29, 1.82) is 0 Å². The molecule has 0 aromatic rings. The summed E-state index contributed by atoms with van der Waals surface area (Å²) in [6.07, 6.45) is 12.1. The molecule has 2 aliphatic rings. The van der Waals surface area contributed by atoms with Crippen LogP contribution < -0.4 is 5.32 Å². The molecular weight excluding hydrogens is 196 g/mol. The summed E-state index contributed by atoms with van der Waals surface area (Å²) in [6, 6.07) is 0.710. The molecule has 92 valence electrons. The Kier molecular flexibility index (Phi) is 4.68. The lowest BCUT2D eigenvalue weighted by atomic mass is 10.0. The molecule has 1 N–H and O–H groups in total. The summed E-state index contributed by atoms with van der Waals surface area (Å²) >= 11 is 0. The minimum absolute atomic E-state index is 0.710. The smallest absolute Gasteiger partial charge is 0.0965 e. The number of amidine groups is 1. The van der Waals surface area contributed by atoms with Crippen molar-refractivity contribution in [3.05, 3.63) is 0 Å². The fourth-order valence-corrected chi connectivity index (χ4v) is 2.86. The summed E-state index contributed by atoms with van der Waals surface area (Å²) in [5, 5.41) is 3.71. The van der Waals surface area contributed by atoms with E-state index in [1.807, 2.05) is 0 Å². The molecule has 2 rings (SSSR count). The maximum atomic E-state index is 4.67. The highest BCUT2D eigenvalue weighted by Gasteiger charge is 2.17. The van der Waals surface area contributed by atoms with Crippen molar-refractivity contribution in [2.45, 2.75) is 70.8 Å². The normalized spacial score (nSPS) is 32.4. The number of hydrogen-bond donors (Lipinski definition) is 1. The maximum Gasteiger partial charge on any atom is 0.0965 e. The van der Waals surface area contributed by atoms with Gasteiger partial charge in [-0.2, -0.15) is 0 Å². The lowest BCUT2D eigenvalue weighted by molar-refractivity contribution is 0.488. The first-order valence-electron chi connectivity index (χ1n) is 7.14. The van der Waals surface area contributed by atoms with E-state index in [2.05, 4.69) is 17.2 Å². The van der Waals surface area contributed by atoms with E-state index in [-0.39, 0.29) is 0 Å². The number of hydrogen-bond acceptors (Lipinski definition) is 2. The first-order valence-corrected chi connectivity index (χ1v) is 7.14. The summed E-state index contributed by atoms with van der Waals surface area (Å²) in [4.78, 5) is 4.67. The van der Waals surface area contributed by atoms with Gasteiger partial charge in [-0.25, -0.2) is 0 Å². The van der Waals surface area contributed by atoms with Gasteiger partial charge in [-0.15, -0.1) is 0 Å². The molecule has 1 aliphatic carbocycles. The van der Waals surface area contributed by atoms with E-state index in [9.17, 15) is 0 Å². The Labute approximate surface area is 99.9 Å². The standard InChI is InChI=1S/C14H26N2/c1-12-6-5-7-13(10-9-12)16-14-8-3-2-4-11-15-14/h12-13H,2-11H2,1H3,(H,15,16). The Morgan fingerprint density at radius 2 is 1.94 bits per heavy atom. The van der Waals surface area contributed by atoms with Gasteiger partial charge in [0.25, 0.3) is 0 Å². The second-order valence-electron chi connectivity index (χ2n) is 5.59. The molecule has 1 fully saturated rings. The lowest BCUT2D eigenvalue weighted by Crippen LogP contribution is -2.34. The van der Waals surface area contributed by atoms with E-state index in [0.717, 1.165) is 12.5 Å². The van der Waals surface area contributed by atoms with E-state index in [1.165, 1.54) is 63.6 Å². The minimum Gasteiger partial charge on any atom is -0.371 e. The molecule has 0 bridgehead atoms. The molecule has 0 aromatic carbocycles. The van der Waals surface area contributed by atoms with Gasteiger partial charge in [-0.3, -0.25) is 4.99 Å². The predicted octanol–water partition coefficient (Wildman–Crippen LogP) is 3.52. The van der Waals surface area contributed by atoms with Crippen molar-refractivity contribution < 1.29 is 0 Å². The van der Waals surface area contributed by atoms with Crippen LogP contribution in [0, 0.1) is 5.92 Å². The first-order chi connectivity index (χ1) is 7.84. The van der Waals surface area contributed by atoms with E-state index in [4.69, 9.17) is 0 Å². The largest absolute Gasteiger partial charge is 0.371 e. The van der Waals surface area contributed by atoms with E-state index in [0.29, 0.717) is 6.04 Å². The van der Waals surface area contributed by atoms with Gasteiger partial charge >= 0.3 is 0 Å². The molecule has 0 aromatic heterocycles. The highest BCUT2D eigenvalue weighted by atomic mass is 15.0. The van der Waals surface area contributed by atoms with Crippen molar-refractivity contribution in [2.75, 3.05) is 6.54 Å². The zero-order chi connectivity index (χ0) is 11.2. The Bertz CT molecular complexity index is 235. The fraction of sp³-hybridized carbons (Fsp3) is 0.929. The second kappa shape index (κ2) is 6.27. The predicted molar refractivity (Wildman–Crippen MR) is 69.9 cm³/mol. The molecule has 0 saturated heterocycles. The van der Waals surface area contributed by atoms with Crippen molar-refractivity contribution >= 4 is 5.84 Å². The average molecular weight is 222 g/mol. The van der Waals surface area contributed by atoms with Crippen LogP contribution >= 0.6 is 0 Å². The number of aliphatic imine (C=N–C) groups is 1. The molecule has 16 heavy (non-hydrogen) atoms. The van der Waals surface area contributed by atoms with Crippen LogP contribution in [-0.2, 0) is 0 Å². The molecule has 2 nitrogen and oxygen atoms in total. The zero-order valence-electron chi connectivity index (χ0n) is 10.7. The summed E-state index contributed by atoms with van der Waals surface area (Å²) in [5.74, 6) is 2.24.